The molecular formula is C15H22OS. The third-order valence-corrected chi connectivity index (χ3v) is 4.25. The van der Waals surface area contributed by atoms with Crippen molar-refractivity contribution in [3.63, 3.8) is 0 Å². The lowest BCUT2D eigenvalue weighted by molar-refractivity contribution is 0.174. The van der Waals surface area contributed by atoms with E-state index in [0.717, 1.165) is 30.8 Å². The van der Waals surface area contributed by atoms with Gasteiger partial charge in [0.15, 0.2) is 0 Å². The minimum Gasteiger partial charge on any atom is -0.381 e. The maximum Gasteiger partial charge on any atom is 0.0497 e. The molecule has 0 radical (unpaired) electrons. The topological polar surface area (TPSA) is 9.23 Å². The first-order chi connectivity index (χ1) is 8.29. The quantitative estimate of drug-likeness (QED) is 0.787. The molecule has 0 amide bonds. The molecule has 2 atom stereocenters. The van der Waals surface area contributed by atoms with Crippen molar-refractivity contribution in [3.05, 3.63) is 35.4 Å². The first-order valence-corrected chi connectivity index (χ1v) is 7.83. The second-order valence-corrected chi connectivity index (χ2v) is 5.92. The van der Waals surface area contributed by atoms with Crippen molar-refractivity contribution in [2.75, 3.05) is 19.5 Å². The summed E-state index contributed by atoms with van der Waals surface area (Å²) in [6, 6.07) is 9.04. The minimum absolute atomic E-state index is 0.738. The number of thioether (sulfide) groups is 1. The van der Waals surface area contributed by atoms with Gasteiger partial charge in [0.1, 0.15) is 0 Å². The number of rotatable bonds is 5. The molecule has 0 aliphatic carbocycles. The van der Waals surface area contributed by atoms with Crippen LogP contribution in [0.15, 0.2) is 24.3 Å². The lowest BCUT2D eigenvalue weighted by Gasteiger charge is -2.17. The molecule has 17 heavy (non-hydrogen) atoms. The molecule has 2 heteroatoms. The van der Waals surface area contributed by atoms with Crippen LogP contribution in [0.5, 0.6) is 0 Å². The highest BCUT2D eigenvalue weighted by Gasteiger charge is 2.22. The van der Waals surface area contributed by atoms with Crippen LogP contribution in [0.3, 0.4) is 0 Å². The van der Waals surface area contributed by atoms with E-state index in [1.54, 1.807) is 0 Å². The van der Waals surface area contributed by atoms with E-state index >= 15 is 0 Å². The Labute approximate surface area is 109 Å². The van der Waals surface area contributed by atoms with Crippen molar-refractivity contribution < 1.29 is 4.74 Å². The summed E-state index contributed by atoms with van der Waals surface area (Å²) >= 11 is 1.89. The Kier molecular flexibility index (Phi) is 4.93. The Bertz CT molecular complexity index is 345. The summed E-state index contributed by atoms with van der Waals surface area (Å²) in [5.41, 5.74) is 2.93. The van der Waals surface area contributed by atoms with E-state index in [-0.39, 0.29) is 0 Å². The number of benzene rings is 1. The van der Waals surface area contributed by atoms with Crippen LogP contribution in [-0.2, 0) is 16.9 Å². The highest BCUT2D eigenvalue weighted by Crippen LogP contribution is 2.25. The molecule has 1 heterocycles. The normalized spacial score (nSPS) is 21.6. The average Bonchev–Trinajstić information content (AvgIpc) is 2.83. The van der Waals surface area contributed by atoms with Crippen molar-refractivity contribution in [3.8, 4) is 0 Å². The first kappa shape index (κ1) is 13.0. The first-order valence-electron chi connectivity index (χ1n) is 6.44. The summed E-state index contributed by atoms with van der Waals surface area (Å²) in [7, 11) is 0. The lowest BCUT2D eigenvalue weighted by Crippen LogP contribution is -2.14. The van der Waals surface area contributed by atoms with E-state index in [0.29, 0.717) is 0 Å². The fourth-order valence-corrected chi connectivity index (χ4v) is 3.07. The summed E-state index contributed by atoms with van der Waals surface area (Å²) in [5.74, 6) is 2.62. The Hall–Kier alpha value is -0.470. The monoisotopic (exact) mass is 250 g/mol. The van der Waals surface area contributed by atoms with Gasteiger partial charge in [0.2, 0.25) is 0 Å². The van der Waals surface area contributed by atoms with Gasteiger partial charge in [-0.15, -0.1) is 0 Å². The van der Waals surface area contributed by atoms with E-state index in [2.05, 4.69) is 37.4 Å². The molecule has 0 bridgehead atoms. The lowest BCUT2D eigenvalue weighted by atomic mass is 9.87. The molecule has 1 aromatic carbocycles. The molecule has 1 aliphatic rings. The van der Waals surface area contributed by atoms with Gasteiger partial charge in [-0.1, -0.05) is 31.2 Å². The van der Waals surface area contributed by atoms with E-state index in [9.17, 15) is 0 Å². The van der Waals surface area contributed by atoms with Gasteiger partial charge in [0.05, 0.1) is 0 Å². The minimum atomic E-state index is 0.738. The Morgan fingerprint density at radius 2 is 2.24 bits per heavy atom. The zero-order valence-corrected chi connectivity index (χ0v) is 11.6. The second-order valence-electron chi connectivity index (χ2n) is 5.06. The third kappa shape index (κ3) is 3.75. The molecule has 0 spiro atoms. The van der Waals surface area contributed by atoms with E-state index in [4.69, 9.17) is 4.74 Å². The second kappa shape index (κ2) is 6.46. The summed E-state index contributed by atoms with van der Waals surface area (Å²) in [6.45, 7) is 4.29. The van der Waals surface area contributed by atoms with Crippen LogP contribution in [0.2, 0.25) is 0 Å². The van der Waals surface area contributed by atoms with Crippen molar-refractivity contribution in [2.24, 2.45) is 11.8 Å². The van der Waals surface area contributed by atoms with Gasteiger partial charge in [-0.2, -0.15) is 11.8 Å². The molecule has 1 fully saturated rings. The highest BCUT2D eigenvalue weighted by molar-refractivity contribution is 7.97. The zero-order valence-electron chi connectivity index (χ0n) is 10.8. The molecule has 2 unspecified atom stereocenters. The fourth-order valence-electron chi connectivity index (χ4n) is 2.55. The van der Waals surface area contributed by atoms with Gasteiger partial charge in [0.25, 0.3) is 0 Å². The molecule has 1 aliphatic heterocycles. The van der Waals surface area contributed by atoms with Crippen molar-refractivity contribution in [2.45, 2.75) is 25.5 Å². The van der Waals surface area contributed by atoms with E-state index in [1.165, 1.54) is 24.0 Å². The molecular weight excluding hydrogens is 228 g/mol. The molecule has 0 saturated carbocycles. The highest BCUT2D eigenvalue weighted by atomic mass is 32.2. The summed E-state index contributed by atoms with van der Waals surface area (Å²) in [4.78, 5) is 0. The molecule has 94 valence electrons. The predicted octanol–water partition coefficient (Wildman–Crippen LogP) is 3.76. The summed E-state index contributed by atoms with van der Waals surface area (Å²) in [5, 5.41) is 0. The fraction of sp³-hybridized carbons (Fsp3) is 0.600. The van der Waals surface area contributed by atoms with Gasteiger partial charge in [-0.25, -0.2) is 0 Å². The number of ether oxygens (including phenoxy) is 1. The number of hydrogen-bond donors (Lipinski definition) is 0. The average molecular weight is 250 g/mol. The van der Waals surface area contributed by atoms with Crippen molar-refractivity contribution >= 4 is 11.8 Å². The van der Waals surface area contributed by atoms with Crippen molar-refractivity contribution in [1.29, 1.82) is 0 Å². The van der Waals surface area contributed by atoms with Crippen LogP contribution < -0.4 is 0 Å². The molecule has 0 N–H and O–H groups in total. The van der Waals surface area contributed by atoms with Crippen molar-refractivity contribution in [1.82, 2.24) is 0 Å². The van der Waals surface area contributed by atoms with E-state index in [1.807, 2.05) is 11.8 Å². The Balaban J connectivity index is 1.94. The van der Waals surface area contributed by atoms with Gasteiger partial charge >= 0.3 is 0 Å². The number of hydrogen-bond acceptors (Lipinski definition) is 2. The van der Waals surface area contributed by atoms with Crippen LogP contribution in [-0.4, -0.2) is 19.5 Å². The van der Waals surface area contributed by atoms with Gasteiger partial charge in [-0.05, 0) is 42.1 Å². The SMILES string of the molecule is CSCc1cccc(CC(C)C2CCOC2)c1. The summed E-state index contributed by atoms with van der Waals surface area (Å²) in [6.07, 6.45) is 4.59. The Morgan fingerprint density at radius 1 is 1.41 bits per heavy atom. The summed E-state index contributed by atoms with van der Waals surface area (Å²) < 4.78 is 5.47. The maximum atomic E-state index is 5.47. The predicted molar refractivity (Wildman–Crippen MR) is 75.5 cm³/mol. The smallest absolute Gasteiger partial charge is 0.0497 e. The van der Waals surface area contributed by atoms with Crippen LogP contribution in [0.4, 0.5) is 0 Å². The van der Waals surface area contributed by atoms with Crippen LogP contribution in [0, 0.1) is 11.8 Å². The van der Waals surface area contributed by atoms with E-state index < -0.39 is 0 Å². The zero-order chi connectivity index (χ0) is 12.1. The third-order valence-electron chi connectivity index (χ3n) is 3.63. The largest absolute Gasteiger partial charge is 0.381 e. The van der Waals surface area contributed by atoms with Gasteiger partial charge in [0, 0.05) is 19.0 Å². The van der Waals surface area contributed by atoms with Crippen LogP contribution in [0.25, 0.3) is 0 Å². The van der Waals surface area contributed by atoms with Gasteiger partial charge in [-0.3, -0.25) is 0 Å². The molecule has 1 saturated heterocycles. The maximum absolute atomic E-state index is 5.47. The molecule has 2 rings (SSSR count). The molecule has 1 nitrogen and oxygen atoms in total. The van der Waals surface area contributed by atoms with Crippen LogP contribution >= 0.6 is 11.8 Å². The Morgan fingerprint density at radius 3 is 2.94 bits per heavy atom. The van der Waals surface area contributed by atoms with Gasteiger partial charge < -0.3 is 4.74 Å². The molecule has 0 aromatic heterocycles. The molecule has 1 aromatic rings. The standard InChI is InChI=1S/C15H22OS/c1-12(15-6-7-16-10-15)8-13-4-3-5-14(9-13)11-17-2/h3-5,9,12,15H,6-8,10-11H2,1-2H3. The van der Waals surface area contributed by atoms with Crippen LogP contribution in [0.1, 0.15) is 24.5 Å².